The number of amides is 3. The predicted octanol–water partition coefficient (Wildman–Crippen LogP) is -0.387. The third-order valence-corrected chi connectivity index (χ3v) is 4.52. The van der Waals surface area contributed by atoms with E-state index in [4.69, 9.17) is 0 Å². The highest BCUT2D eigenvalue weighted by atomic mass is 19.4. The van der Waals surface area contributed by atoms with Gasteiger partial charge in [0.2, 0.25) is 0 Å². The van der Waals surface area contributed by atoms with Gasteiger partial charge in [0, 0.05) is 11.1 Å². The van der Waals surface area contributed by atoms with Crippen molar-refractivity contribution in [3.8, 4) is 0 Å². The summed E-state index contributed by atoms with van der Waals surface area (Å²) in [5, 5.41) is 5.00. The van der Waals surface area contributed by atoms with Crippen LogP contribution in [0.15, 0.2) is 24.3 Å². The zero-order valence-electron chi connectivity index (χ0n) is 16.5. The summed E-state index contributed by atoms with van der Waals surface area (Å²) in [5.41, 5.74) is -0.390. The normalized spacial score (nSPS) is 20.5. The number of urea groups is 1. The van der Waals surface area contributed by atoms with E-state index in [1.54, 1.807) is 6.07 Å². The van der Waals surface area contributed by atoms with Crippen molar-refractivity contribution >= 4 is 11.9 Å². The van der Waals surface area contributed by atoms with Gasteiger partial charge in [-0.05, 0) is 32.9 Å². The summed E-state index contributed by atoms with van der Waals surface area (Å²) in [6, 6.07) is 4.92. The number of piperazine rings is 1. The van der Waals surface area contributed by atoms with E-state index in [1.165, 1.54) is 17.0 Å². The van der Waals surface area contributed by atoms with Crippen molar-refractivity contribution in [2.75, 3.05) is 32.7 Å². The Morgan fingerprint density at radius 2 is 1.64 bits per heavy atom. The molecule has 0 aromatic heterocycles. The Morgan fingerprint density at radius 3 is 2.21 bits per heavy atom. The Hall–Kier alpha value is -2.13. The van der Waals surface area contributed by atoms with Crippen LogP contribution in [0.4, 0.5) is 18.0 Å². The minimum absolute atomic E-state index is 0.203. The van der Waals surface area contributed by atoms with Crippen LogP contribution in [-0.4, -0.2) is 50.2 Å². The molecule has 1 aliphatic heterocycles. The molecule has 0 bridgehead atoms. The van der Waals surface area contributed by atoms with Crippen molar-refractivity contribution in [3.05, 3.63) is 35.4 Å². The van der Waals surface area contributed by atoms with Crippen LogP contribution in [0.25, 0.3) is 0 Å². The molecule has 1 saturated heterocycles. The molecule has 1 aromatic rings. The van der Waals surface area contributed by atoms with Crippen molar-refractivity contribution in [2.24, 2.45) is 0 Å². The molecule has 0 aliphatic carbocycles. The Labute approximate surface area is 163 Å². The second-order valence-corrected chi connectivity index (χ2v) is 8.30. The molecule has 3 amide bonds. The lowest BCUT2D eigenvalue weighted by molar-refractivity contribution is -1.02. The molecule has 0 saturated carbocycles. The number of hydrogen-bond acceptors (Lipinski definition) is 2. The molecular weight excluding hydrogens is 373 g/mol. The maximum atomic E-state index is 12.8. The van der Waals surface area contributed by atoms with Crippen molar-refractivity contribution in [1.82, 2.24) is 10.6 Å². The van der Waals surface area contributed by atoms with Crippen molar-refractivity contribution in [1.29, 1.82) is 0 Å². The number of benzene rings is 1. The third-order valence-electron chi connectivity index (χ3n) is 4.52. The number of halogens is 3. The standard InChI is InChI=1S/C19H27F3N4O2/c1-18(2,3)24-17(28)23-16(27)13-26-9-7-25(8-10-26)12-14-5-4-6-15(11-14)19(20,21)22/h4-6,11H,7-10,12-13H2,1-3H3,(H2,23,24,27,28)/p+2. The molecule has 0 atom stereocenters. The predicted molar refractivity (Wildman–Crippen MR) is 97.8 cm³/mol. The fourth-order valence-electron chi connectivity index (χ4n) is 3.23. The van der Waals surface area contributed by atoms with Crippen LogP contribution < -0.4 is 20.4 Å². The quantitative estimate of drug-likeness (QED) is 0.555. The molecule has 9 heteroatoms. The minimum atomic E-state index is -4.33. The SMILES string of the molecule is CC(C)(C)NC(=O)NC(=O)C[NH+]1CC[NH+](Cc2cccc(C(F)(F)F)c2)CC1. The molecular formula is C19H29F3N4O2+2. The van der Waals surface area contributed by atoms with Crippen LogP contribution in [0.1, 0.15) is 31.9 Å². The number of rotatable bonds is 4. The summed E-state index contributed by atoms with van der Waals surface area (Å²) in [6.07, 6.45) is -4.33. The zero-order chi connectivity index (χ0) is 20.9. The lowest BCUT2D eigenvalue weighted by Crippen LogP contribution is -3.28. The van der Waals surface area contributed by atoms with Crippen LogP contribution in [0, 0.1) is 0 Å². The van der Waals surface area contributed by atoms with Gasteiger partial charge in [0.25, 0.3) is 5.91 Å². The van der Waals surface area contributed by atoms with Gasteiger partial charge in [-0.2, -0.15) is 13.2 Å². The summed E-state index contributed by atoms with van der Waals surface area (Å²) in [7, 11) is 0. The second-order valence-electron chi connectivity index (χ2n) is 8.30. The summed E-state index contributed by atoms with van der Waals surface area (Å²) >= 11 is 0. The molecule has 0 spiro atoms. The number of imide groups is 1. The number of nitrogens with one attached hydrogen (secondary N) is 4. The van der Waals surface area contributed by atoms with Crippen LogP contribution in [0.2, 0.25) is 0 Å². The molecule has 1 aromatic carbocycles. The average Bonchev–Trinajstić information content (AvgIpc) is 2.54. The zero-order valence-corrected chi connectivity index (χ0v) is 16.5. The van der Waals surface area contributed by atoms with Crippen LogP contribution >= 0.6 is 0 Å². The second kappa shape index (κ2) is 8.91. The van der Waals surface area contributed by atoms with Crippen LogP contribution in [-0.2, 0) is 17.5 Å². The molecule has 0 unspecified atom stereocenters. The van der Waals surface area contributed by atoms with E-state index in [9.17, 15) is 22.8 Å². The first kappa shape index (κ1) is 22.2. The molecule has 4 N–H and O–H groups in total. The van der Waals surface area contributed by atoms with Gasteiger partial charge in [0.1, 0.15) is 32.7 Å². The molecule has 28 heavy (non-hydrogen) atoms. The third kappa shape index (κ3) is 7.47. The number of alkyl halides is 3. The van der Waals surface area contributed by atoms with E-state index in [0.29, 0.717) is 12.1 Å². The lowest BCUT2D eigenvalue weighted by Gasteiger charge is -2.29. The van der Waals surface area contributed by atoms with Gasteiger partial charge in [-0.3, -0.25) is 10.1 Å². The van der Waals surface area contributed by atoms with E-state index >= 15 is 0 Å². The van der Waals surface area contributed by atoms with Gasteiger partial charge in [-0.25, -0.2) is 4.79 Å². The smallest absolute Gasteiger partial charge is 0.333 e. The van der Waals surface area contributed by atoms with E-state index < -0.39 is 23.3 Å². The van der Waals surface area contributed by atoms with Gasteiger partial charge in [0.15, 0.2) is 6.54 Å². The molecule has 6 nitrogen and oxygen atoms in total. The molecule has 1 fully saturated rings. The van der Waals surface area contributed by atoms with Crippen molar-refractivity contribution in [2.45, 2.75) is 39.0 Å². The van der Waals surface area contributed by atoms with Crippen LogP contribution in [0.5, 0.6) is 0 Å². The lowest BCUT2D eigenvalue weighted by atomic mass is 10.1. The van der Waals surface area contributed by atoms with E-state index in [1.807, 2.05) is 20.8 Å². The highest BCUT2D eigenvalue weighted by molar-refractivity contribution is 5.94. The Balaban J connectivity index is 1.77. The van der Waals surface area contributed by atoms with E-state index in [2.05, 4.69) is 10.6 Å². The molecule has 2 rings (SSSR count). The highest BCUT2D eigenvalue weighted by Gasteiger charge is 2.31. The highest BCUT2D eigenvalue weighted by Crippen LogP contribution is 2.29. The molecule has 1 aliphatic rings. The minimum Gasteiger partial charge on any atom is -0.333 e. The molecule has 1 heterocycles. The Morgan fingerprint density at radius 1 is 1.04 bits per heavy atom. The monoisotopic (exact) mass is 402 g/mol. The summed E-state index contributed by atoms with van der Waals surface area (Å²) < 4.78 is 38.5. The maximum Gasteiger partial charge on any atom is 0.416 e. The van der Waals surface area contributed by atoms with E-state index in [0.717, 1.165) is 37.1 Å². The van der Waals surface area contributed by atoms with Gasteiger partial charge in [-0.1, -0.05) is 12.1 Å². The van der Waals surface area contributed by atoms with Crippen LogP contribution in [0.3, 0.4) is 0 Å². The Kier molecular flexibility index (Phi) is 7.06. The summed E-state index contributed by atoms with van der Waals surface area (Å²) in [6.45, 7) is 9.18. The Bertz CT molecular complexity index is 693. The van der Waals surface area contributed by atoms with Gasteiger partial charge < -0.3 is 15.1 Å². The number of carbonyl (C=O) groups excluding carboxylic acids is 2. The average molecular weight is 402 g/mol. The number of quaternary nitrogens is 2. The topological polar surface area (TPSA) is 67.1 Å². The number of hydrogen-bond donors (Lipinski definition) is 4. The van der Waals surface area contributed by atoms with Gasteiger partial charge in [0.05, 0.1) is 5.56 Å². The summed E-state index contributed by atoms with van der Waals surface area (Å²) in [4.78, 5) is 26.0. The van der Waals surface area contributed by atoms with E-state index in [-0.39, 0.29) is 12.5 Å². The summed E-state index contributed by atoms with van der Waals surface area (Å²) in [5.74, 6) is -0.335. The van der Waals surface area contributed by atoms with Crippen molar-refractivity contribution in [3.63, 3.8) is 0 Å². The first-order valence-electron chi connectivity index (χ1n) is 9.37. The molecule has 0 radical (unpaired) electrons. The maximum absolute atomic E-state index is 12.8. The van der Waals surface area contributed by atoms with Crippen molar-refractivity contribution < 1.29 is 32.6 Å². The first-order valence-corrected chi connectivity index (χ1v) is 9.37. The largest absolute Gasteiger partial charge is 0.416 e. The fraction of sp³-hybridized carbons (Fsp3) is 0.579. The first-order chi connectivity index (χ1) is 12.9. The fourth-order valence-corrected chi connectivity index (χ4v) is 3.23. The molecule has 156 valence electrons. The van der Waals surface area contributed by atoms with Gasteiger partial charge >= 0.3 is 12.2 Å². The van der Waals surface area contributed by atoms with Gasteiger partial charge in [-0.15, -0.1) is 0 Å². The number of carbonyl (C=O) groups is 2.